The van der Waals surface area contributed by atoms with E-state index in [0.29, 0.717) is 42.3 Å². The van der Waals surface area contributed by atoms with Crippen LogP contribution < -0.4 is 10.5 Å². The molecule has 2 heterocycles. The Morgan fingerprint density at radius 3 is 2.68 bits per heavy atom. The zero-order valence-electron chi connectivity index (χ0n) is 21.4. The van der Waals surface area contributed by atoms with Gasteiger partial charge in [-0.2, -0.15) is 5.26 Å². The van der Waals surface area contributed by atoms with Crippen LogP contribution >= 0.6 is 0 Å². The minimum absolute atomic E-state index is 0.00727. The lowest BCUT2D eigenvalue weighted by Crippen LogP contribution is -2.42. The highest BCUT2D eigenvalue weighted by molar-refractivity contribution is 5.77. The lowest BCUT2D eigenvalue weighted by atomic mass is 9.87. The lowest BCUT2D eigenvalue weighted by Gasteiger charge is -2.34. The Balaban J connectivity index is 1.68. The first-order valence-corrected chi connectivity index (χ1v) is 12.3. The van der Waals surface area contributed by atoms with E-state index in [-0.39, 0.29) is 29.1 Å². The first kappa shape index (κ1) is 25.8. The highest BCUT2D eigenvalue weighted by Gasteiger charge is 2.31. The minimum atomic E-state index is -0.600. The van der Waals surface area contributed by atoms with Gasteiger partial charge in [0.25, 0.3) is 0 Å². The number of ether oxygens (including phenoxy) is 2. The molecule has 0 aliphatic carbocycles. The van der Waals surface area contributed by atoms with Crippen LogP contribution in [0, 0.1) is 11.3 Å². The number of aromatic nitrogens is 1. The van der Waals surface area contributed by atoms with E-state index in [1.54, 1.807) is 29.2 Å². The number of piperidine rings is 1. The van der Waals surface area contributed by atoms with Crippen molar-refractivity contribution >= 4 is 11.9 Å². The topological polar surface area (TPSA) is 122 Å². The molecule has 4 rings (SSSR count). The molecule has 1 amide bonds. The second-order valence-electron chi connectivity index (χ2n) is 10.2. The fourth-order valence-electron chi connectivity index (χ4n) is 4.51. The Kier molecular flexibility index (Phi) is 7.53. The van der Waals surface area contributed by atoms with Gasteiger partial charge in [0.1, 0.15) is 35.6 Å². The number of anilines is 1. The van der Waals surface area contributed by atoms with E-state index in [2.05, 4.69) is 11.1 Å². The Morgan fingerprint density at radius 2 is 1.97 bits per heavy atom. The van der Waals surface area contributed by atoms with Crippen molar-refractivity contribution in [3.8, 4) is 28.8 Å². The molecule has 1 saturated heterocycles. The molecule has 1 aliphatic rings. The standard InChI is InChI=1S/C29H32N4O4/c1-29(2,3)37-28(35)33-14-8-11-20(17-33)21-15-23(32-27(31)22(21)16-30)26-24(34)12-7-13-25(26)36-18-19-9-5-4-6-10-19/h4-7,9-10,12-13,15,20,34H,8,11,14,17-18H2,1-3H3,(H2,31,32). The Bertz CT molecular complexity index is 1310. The Hall–Kier alpha value is -4.25. The molecule has 1 fully saturated rings. The predicted octanol–water partition coefficient (Wildman–Crippen LogP) is 5.60. The maximum Gasteiger partial charge on any atom is 0.410 e. The van der Waals surface area contributed by atoms with Crippen molar-refractivity contribution < 1.29 is 19.4 Å². The number of nitriles is 1. The zero-order valence-corrected chi connectivity index (χ0v) is 21.4. The molecule has 8 heteroatoms. The van der Waals surface area contributed by atoms with Gasteiger partial charge in [0, 0.05) is 19.0 Å². The third kappa shape index (κ3) is 6.12. The fraction of sp³-hybridized carbons (Fsp3) is 0.345. The number of carbonyl (C=O) groups excluding carboxylic acids is 1. The van der Waals surface area contributed by atoms with E-state index in [4.69, 9.17) is 15.2 Å². The maximum atomic E-state index is 12.7. The summed E-state index contributed by atoms with van der Waals surface area (Å²) in [6.45, 7) is 6.78. The monoisotopic (exact) mass is 500 g/mol. The molecule has 3 aromatic rings. The first-order valence-electron chi connectivity index (χ1n) is 12.3. The molecule has 0 radical (unpaired) electrons. The Morgan fingerprint density at radius 1 is 1.22 bits per heavy atom. The fourth-order valence-corrected chi connectivity index (χ4v) is 4.51. The number of pyridine rings is 1. The molecule has 2 aromatic carbocycles. The summed E-state index contributed by atoms with van der Waals surface area (Å²) in [6.07, 6.45) is 1.15. The summed E-state index contributed by atoms with van der Waals surface area (Å²) in [4.78, 5) is 18.9. The van der Waals surface area contributed by atoms with E-state index < -0.39 is 5.60 Å². The number of likely N-dealkylation sites (tertiary alicyclic amines) is 1. The third-order valence-electron chi connectivity index (χ3n) is 6.20. The van der Waals surface area contributed by atoms with E-state index >= 15 is 0 Å². The average molecular weight is 501 g/mol. The number of nitrogens with zero attached hydrogens (tertiary/aromatic N) is 3. The molecule has 1 aliphatic heterocycles. The molecule has 0 bridgehead atoms. The molecule has 1 unspecified atom stereocenters. The highest BCUT2D eigenvalue weighted by atomic mass is 16.6. The van der Waals surface area contributed by atoms with Gasteiger partial charge in [-0.25, -0.2) is 9.78 Å². The van der Waals surface area contributed by atoms with Crippen LogP contribution in [0.2, 0.25) is 0 Å². The van der Waals surface area contributed by atoms with E-state index in [9.17, 15) is 15.2 Å². The van der Waals surface area contributed by atoms with Crippen LogP contribution in [0.3, 0.4) is 0 Å². The number of amides is 1. The van der Waals surface area contributed by atoms with Crippen LogP contribution in [0.25, 0.3) is 11.3 Å². The van der Waals surface area contributed by atoms with Gasteiger partial charge >= 0.3 is 6.09 Å². The van der Waals surface area contributed by atoms with Gasteiger partial charge in [0.15, 0.2) is 0 Å². The number of hydrogen-bond donors (Lipinski definition) is 2. The summed E-state index contributed by atoms with van der Waals surface area (Å²) in [5.74, 6) is 0.374. The van der Waals surface area contributed by atoms with Crippen LogP contribution in [0.1, 0.15) is 56.2 Å². The van der Waals surface area contributed by atoms with Gasteiger partial charge in [-0.3, -0.25) is 0 Å². The van der Waals surface area contributed by atoms with E-state index in [0.717, 1.165) is 18.4 Å². The molecular formula is C29H32N4O4. The third-order valence-corrected chi connectivity index (χ3v) is 6.20. The number of phenols is 1. The Labute approximate surface area is 217 Å². The molecule has 0 saturated carbocycles. The van der Waals surface area contributed by atoms with E-state index in [1.165, 1.54) is 0 Å². The van der Waals surface area contributed by atoms with Crippen molar-refractivity contribution in [2.24, 2.45) is 0 Å². The number of benzene rings is 2. The molecule has 192 valence electrons. The normalized spacial score (nSPS) is 15.6. The van der Waals surface area contributed by atoms with Crippen LogP contribution in [-0.2, 0) is 11.3 Å². The summed E-state index contributed by atoms with van der Waals surface area (Å²) in [5.41, 5.74) is 8.41. The van der Waals surface area contributed by atoms with Gasteiger partial charge < -0.3 is 25.2 Å². The van der Waals surface area contributed by atoms with Crippen molar-refractivity contribution in [1.29, 1.82) is 5.26 Å². The number of nitrogens with two attached hydrogens (primary N) is 1. The summed E-state index contributed by atoms with van der Waals surface area (Å²) < 4.78 is 11.6. The second kappa shape index (κ2) is 10.8. The summed E-state index contributed by atoms with van der Waals surface area (Å²) in [5, 5.41) is 20.7. The molecular weight excluding hydrogens is 468 g/mol. The van der Waals surface area contributed by atoms with E-state index in [1.807, 2.05) is 51.1 Å². The molecule has 37 heavy (non-hydrogen) atoms. The van der Waals surface area contributed by atoms with Crippen molar-refractivity contribution in [1.82, 2.24) is 9.88 Å². The number of carbonyl (C=O) groups is 1. The van der Waals surface area contributed by atoms with Gasteiger partial charge in [0.2, 0.25) is 0 Å². The average Bonchev–Trinajstić information content (AvgIpc) is 2.86. The van der Waals surface area contributed by atoms with Gasteiger partial charge in [-0.15, -0.1) is 0 Å². The number of aromatic hydroxyl groups is 1. The summed E-state index contributed by atoms with van der Waals surface area (Å²) >= 11 is 0. The van der Waals surface area contributed by atoms with Crippen molar-refractivity contribution in [2.45, 2.75) is 51.7 Å². The SMILES string of the molecule is CC(C)(C)OC(=O)N1CCCC(c2cc(-c3c(O)cccc3OCc3ccccc3)nc(N)c2C#N)C1. The minimum Gasteiger partial charge on any atom is -0.507 e. The van der Waals surface area contributed by atoms with Crippen molar-refractivity contribution in [2.75, 3.05) is 18.8 Å². The van der Waals surface area contributed by atoms with Crippen LogP contribution in [0.5, 0.6) is 11.5 Å². The highest BCUT2D eigenvalue weighted by Crippen LogP contribution is 2.41. The summed E-state index contributed by atoms with van der Waals surface area (Å²) in [7, 11) is 0. The first-order chi connectivity index (χ1) is 17.7. The smallest absolute Gasteiger partial charge is 0.410 e. The number of phenolic OH excluding ortho intramolecular Hbond substituents is 1. The molecule has 3 N–H and O–H groups in total. The predicted molar refractivity (Wildman–Crippen MR) is 141 cm³/mol. The molecule has 1 aromatic heterocycles. The number of nitrogen functional groups attached to an aromatic ring is 1. The van der Waals surface area contributed by atoms with Gasteiger partial charge in [-0.05, 0) is 62.9 Å². The van der Waals surface area contributed by atoms with Crippen LogP contribution in [0.15, 0.2) is 54.6 Å². The summed E-state index contributed by atoms with van der Waals surface area (Å²) in [6, 6.07) is 18.7. The number of rotatable bonds is 5. The van der Waals surface area contributed by atoms with Crippen molar-refractivity contribution in [3.63, 3.8) is 0 Å². The zero-order chi connectivity index (χ0) is 26.6. The van der Waals surface area contributed by atoms with Gasteiger partial charge in [0.05, 0.1) is 16.8 Å². The molecule has 8 nitrogen and oxygen atoms in total. The van der Waals surface area contributed by atoms with Gasteiger partial charge in [-0.1, -0.05) is 36.4 Å². The lowest BCUT2D eigenvalue weighted by molar-refractivity contribution is 0.0198. The molecule has 1 atom stereocenters. The molecule has 0 spiro atoms. The maximum absolute atomic E-state index is 12.7. The van der Waals surface area contributed by atoms with Crippen LogP contribution in [-0.4, -0.2) is 39.8 Å². The largest absolute Gasteiger partial charge is 0.507 e. The quantitative estimate of drug-likeness (QED) is 0.467. The number of hydrogen-bond acceptors (Lipinski definition) is 7. The van der Waals surface area contributed by atoms with Crippen molar-refractivity contribution in [3.05, 3.63) is 71.3 Å². The second-order valence-corrected chi connectivity index (χ2v) is 10.2. The van der Waals surface area contributed by atoms with Crippen LogP contribution in [0.4, 0.5) is 10.6 Å².